The first-order chi connectivity index (χ1) is 10.7. The molecular weight excluding hydrogens is 320 g/mol. The van der Waals surface area contributed by atoms with Gasteiger partial charge in [-0.1, -0.05) is 12.1 Å². The second-order valence-corrected chi connectivity index (χ2v) is 7.05. The Morgan fingerprint density at radius 2 is 1.78 bits per heavy atom. The Kier molecular flexibility index (Phi) is 6.98. The fourth-order valence-electron chi connectivity index (χ4n) is 1.72. The van der Waals surface area contributed by atoms with Crippen LogP contribution in [-0.4, -0.2) is 45.7 Å². The molecule has 0 aliphatic heterocycles. The molecule has 0 aliphatic carbocycles. The summed E-state index contributed by atoms with van der Waals surface area (Å²) in [4.78, 5) is 23.9. The molecule has 0 saturated heterocycles. The van der Waals surface area contributed by atoms with Crippen LogP contribution in [0.25, 0.3) is 0 Å². The second-order valence-electron chi connectivity index (χ2n) is 5.22. The molecule has 0 radical (unpaired) electrons. The Labute approximate surface area is 136 Å². The average Bonchev–Trinajstić information content (AvgIpc) is 2.42. The van der Waals surface area contributed by atoms with E-state index in [1.165, 1.54) is 0 Å². The maximum atomic E-state index is 12.1. The highest BCUT2D eigenvalue weighted by Crippen LogP contribution is 2.14. The zero-order valence-corrected chi connectivity index (χ0v) is 14.2. The van der Waals surface area contributed by atoms with Crippen molar-refractivity contribution >= 4 is 27.6 Å². The predicted octanol–water partition coefficient (Wildman–Crippen LogP) is 0.496. The van der Waals surface area contributed by atoms with Crippen LogP contribution in [0.3, 0.4) is 0 Å². The zero-order chi connectivity index (χ0) is 17.5. The van der Waals surface area contributed by atoms with Crippen molar-refractivity contribution in [1.29, 1.82) is 0 Å². The number of sulfonamides is 1. The van der Waals surface area contributed by atoms with Gasteiger partial charge in [0.1, 0.15) is 0 Å². The molecule has 0 unspecified atom stereocenters. The number of rotatable bonds is 7. The van der Waals surface area contributed by atoms with Crippen LogP contribution in [0, 0.1) is 0 Å². The number of anilines is 1. The van der Waals surface area contributed by atoms with E-state index >= 15 is 0 Å². The zero-order valence-electron chi connectivity index (χ0n) is 13.3. The van der Waals surface area contributed by atoms with Gasteiger partial charge >= 0.3 is 6.03 Å². The molecular formula is C14H22N4O4S. The number of nitrogens with one attached hydrogen (secondary N) is 4. The van der Waals surface area contributed by atoms with Gasteiger partial charge in [0.05, 0.1) is 17.5 Å². The predicted molar refractivity (Wildman–Crippen MR) is 88.9 cm³/mol. The summed E-state index contributed by atoms with van der Waals surface area (Å²) in [7, 11) is -3.29. The summed E-state index contributed by atoms with van der Waals surface area (Å²) in [6.07, 6.45) is 1.04. The molecule has 4 N–H and O–H groups in total. The van der Waals surface area contributed by atoms with Crippen LogP contribution >= 0.6 is 0 Å². The van der Waals surface area contributed by atoms with Crippen LogP contribution in [0.2, 0.25) is 0 Å². The lowest BCUT2D eigenvalue weighted by Gasteiger charge is -2.13. The fraction of sp³-hybridized carbons (Fsp3) is 0.429. The van der Waals surface area contributed by atoms with Crippen molar-refractivity contribution in [1.82, 2.24) is 15.4 Å². The molecule has 0 fully saturated rings. The molecule has 0 bridgehead atoms. The summed E-state index contributed by atoms with van der Waals surface area (Å²) < 4.78 is 24.1. The van der Waals surface area contributed by atoms with Gasteiger partial charge < -0.3 is 16.0 Å². The van der Waals surface area contributed by atoms with E-state index in [9.17, 15) is 18.0 Å². The number of hydrogen-bond acceptors (Lipinski definition) is 4. The van der Waals surface area contributed by atoms with E-state index in [0.29, 0.717) is 11.3 Å². The Morgan fingerprint density at radius 3 is 2.39 bits per heavy atom. The van der Waals surface area contributed by atoms with Crippen molar-refractivity contribution in [3.05, 3.63) is 29.8 Å². The summed E-state index contributed by atoms with van der Waals surface area (Å²) in [6.45, 7) is 3.88. The monoisotopic (exact) mass is 342 g/mol. The third-order valence-corrected chi connectivity index (χ3v) is 3.34. The van der Waals surface area contributed by atoms with Gasteiger partial charge in [0.25, 0.3) is 5.91 Å². The van der Waals surface area contributed by atoms with Crippen LogP contribution < -0.4 is 20.7 Å². The number of carbonyl (C=O) groups excluding carboxylic acids is 2. The number of amides is 3. The van der Waals surface area contributed by atoms with Crippen molar-refractivity contribution in [3.8, 4) is 0 Å². The Bertz CT molecular complexity index is 658. The van der Waals surface area contributed by atoms with Gasteiger partial charge in [-0.3, -0.25) is 4.79 Å². The number of hydrogen-bond donors (Lipinski definition) is 4. The maximum absolute atomic E-state index is 12.1. The summed E-state index contributed by atoms with van der Waals surface area (Å²) in [5.74, 6) is -0.402. The minimum Gasteiger partial charge on any atom is -0.351 e. The van der Waals surface area contributed by atoms with Crippen LogP contribution in [0.5, 0.6) is 0 Å². The smallest absolute Gasteiger partial charge is 0.319 e. The molecule has 128 valence electrons. The number of para-hydroxylation sites is 1. The Hall–Kier alpha value is -2.13. The van der Waals surface area contributed by atoms with Crippen molar-refractivity contribution in [3.63, 3.8) is 0 Å². The molecule has 0 atom stereocenters. The number of urea groups is 1. The van der Waals surface area contributed by atoms with Crippen LogP contribution in [0.15, 0.2) is 24.3 Å². The summed E-state index contributed by atoms with van der Waals surface area (Å²) in [5, 5.41) is 7.87. The molecule has 0 spiro atoms. The lowest BCUT2D eigenvalue weighted by atomic mass is 10.1. The van der Waals surface area contributed by atoms with E-state index in [4.69, 9.17) is 0 Å². The molecule has 23 heavy (non-hydrogen) atoms. The fourth-order valence-corrected chi connectivity index (χ4v) is 2.19. The quantitative estimate of drug-likeness (QED) is 0.540. The van der Waals surface area contributed by atoms with Gasteiger partial charge in [0, 0.05) is 19.1 Å². The van der Waals surface area contributed by atoms with E-state index in [0.717, 1.165) is 6.26 Å². The average molecular weight is 342 g/mol. The summed E-state index contributed by atoms with van der Waals surface area (Å²) in [6, 6.07) is 6.13. The highest BCUT2D eigenvalue weighted by Gasteiger charge is 2.13. The topological polar surface area (TPSA) is 116 Å². The number of carbonyl (C=O) groups is 2. The SMILES string of the molecule is CC(C)NC(=O)Nc1ccccc1C(=O)NCCNS(C)(=O)=O. The normalized spacial score (nSPS) is 11.1. The molecule has 1 aromatic rings. The van der Waals surface area contributed by atoms with Gasteiger partial charge in [-0.05, 0) is 26.0 Å². The Morgan fingerprint density at radius 1 is 1.13 bits per heavy atom. The third-order valence-electron chi connectivity index (χ3n) is 2.61. The summed E-state index contributed by atoms with van der Waals surface area (Å²) in [5.41, 5.74) is 0.671. The second kappa shape index (κ2) is 8.49. The molecule has 1 aromatic carbocycles. The van der Waals surface area contributed by atoms with Crippen molar-refractivity contribution in [2.75, 3.05) is 24.7 Å². The molecule has 8 nitrogen and oxygen atoms in total. The van der Waals surface area contributed by atoms with E-state index in [1.54, 1.807) is 24.3 Å². The van der Waals surface area contributed by atoms with E-state index in [1.807, 2.05) is 13.8 Å². The van der Waals surface area contributed by atoms with Gasteiger partial charge in [0.15, 0.2) is 0 Å². The minimum absolute atomic E-state index is 0.0296. The van der Waals surface area contributed by atoms with Crippen molar-refractivity contribution < 1.29 is 18.0 Å². The van der Waals surface area contributed by atoms with E-state index < -0.39 is 22.0 Å². The highest BCUT2D eigenvalue weighted by atomic mass is 32.2. The first-order valence-electron chi connectivity index (χ1n) is 7.08. The first kappa shape index (κ1) is 18.9. The lowest BCUT2D eigenvalue weighted by molar-refractivity contribution is 0.0955. The van der Waals surface area contributed by atoms with Gasteiger partial charge in [-0.25, -0.2) is 17.9 Å². The van der Waals surface area contributed by atoms with Crippen molar-refractivity contribution in [2.24, 2.45) is 0 Å². The maximum Gasteiger partial charge on any atom is 0.319 e. The van der Waals surface area contributed by atoms with Crippen LogP contribution in [0.4, 0.5) is 10.5 Å². The summed E-state index contributed by atoms with van der Waals surface area (Å²) >= 11 is 0. The standard InChI is InChI=1S/C14H22N4O4S/c1-10(2)17-14(20)18-12-7-5-4-6-11(12)13(19)15-8-9-16-23(3,21)22/h4-7,10,16H,8-9H2,1-3H3,(H,15,19)(H2,17,18,20). The Balaban J connectivity index is 2.65. The minimum atomic E-state index is -3.29. The van der Waals surface area contributed by atoms with Crippen molar-refractivity contribution in [2.45, 2.75) is 19.9 Å². The molecule has 0 aromatic heterocycles. The van der Waals surface area contributed by atoms with Gasteiger partial charge in [-0.15, -0.1) is 0 Å². The molecule has 0 saturated carbocycles. The van der Waals surface area contributed by atoms with E-state index in [-0.39, 0.29) is 19.1 Å². The number of benzene rings is 1. The third kappa shape index (κ3) is 7.61. The molecule has 9 heteroatoms. The highest BCUT2D eigenvalue weighted by molar-refractivity contribution is 7.88. The molecule has 1 rings (SSSR count). The van der Waals surface area contributed by atoms with Gasteiger partial charge in [0.2, 0.25) is 10.0 Å². The van der Waals surface area contributed by atoms with Gasteiger partial charge in [-0.2, -0.15) is 0 Å². The van der Waals surface area contributed by atoms with Crippen LogP contribution in [0.1, 0.15) is 24.2 Å². The largest absolute Gasteiger partial charge is 0.351 e. The molecule has 0 heterocycles. The molecule has 3 amide bonds. The molecule has 0 aliphatic rings. The van der Waals surface area contributed by atoms with E-state index in [2.05, 4.69) is 20.7 Å². The lowest BCUT2D eigenvalue weighted by Crippen LogP contribution is -2.36. The first-order valence-corrected chi connectivity index (χ1v) is 8.97. The van der Waals surface area contributed by atoms with Crippen LogP contribution in [-0.2, 0) is 10.0 Å².